The smallest absolute Gasteiger partial charge is 0.419 e. The summed E-state index contributed by atoms with van der Waals surface area (Å²) in [7, 11) is 0. The van der Waals surface area contributed by atoms with E-state index >= 15 is 0 Å². The van der Waals surface area contributed by atoms with Gasteiger partial charge in [-0.1, -0.05) is 25.6 Å². The Morgan fingerprint density at radius 1 is 1.24 bits per heavy atom. The number of nitrogens with two attached hydrogens (primary N) is 1. The molecule has 0 fully saturated rings. The van der Waals surface area contributed by atoms with Gasteiger partial charge in [0.05, 0.1) is 12.2 Å². The molecule has 0 unspecified atom stereocenters. The fourth-order valence-corrected chi connectivity index (χ4v) is 1.72. The molecule has 21 heavy (non-hydrogen) atoms. The first-order chi connectivity index (χ1) is 9.86. The van der Waals surface area contributed by atoms with E-state index in [1.54, 1.807) is 0 Å². The Morgan fingerprint density at radius 2 is 1.95 bits per heavy atom. The molecule has 2 N–H and O–H groups in total. The van der Waals surface area contributed by atoms with E-state index in [-0.39, 0.29) is 29.5 Å². The fraction of sp³-hybridized carbons (Fsp3) is 0.500. The molecule has 0 radical (unpaired) electrons. The maximum atomic E-state index is 13.0. The van der Waals surface area contributed by atoms with E-state index in [4.69, 9.17) is 15.2 Å². The lowest BCUT2D eigenvalue weighted by Gasteiger charge is -2.15. The van der Waals surface area contributed by atoms with Crippen LogP contribution < -0.4 is 10.5 Å². The number of thiocarbonyl (C=S) groups is 1. The van der Waals surface area contributed by atoms with E-state index in [0.29, 0.717) is 6.61 Å². The van der Waals surface area contributed by atoms with Crippen molar-refractivity contribution < 1.29 is 22.6 Å². The van der Waals surface area contributed by atoms with Crippen molar-refractivity contribution in [3.05, 3.63) is 29.3 Å². The zero-order valence-corrected chi connectivity index (χ0v) is 12.5. The van der Waals surface area contributed by atoms with Gasteiger partial charge in [0.2, 0.25) is 0 Å². The highest BCUT2D eigenvalue weighted by Gasteiger charge is 2.34. The molecule has 0 atom stereocenters. The van der Waals surface area contributed by atoms with Gasteiger partial charge >= 0.3 is 6.18 Å². The van der Waals surface area contributed by atoms with Gasteiger partial charge < -0.3 is 15.2 Å². The van der Waals surface area contributed by atoms with E-state index in [9.17, 15) is 13.2 Å². The summed E-state index contributed by atoms with van der Waals surface area (Å²) >= 11 is 4.68. The van der Waals surface area contributed by atoms with Crippen molar-refractivity contribution in [1.82, 2.24) is 0 Å². The Labute approximate surface area is 127 Å². The summed E-state index contributed by atoms with van der Waals surface area (Å²) in [4.78, 5) is -0.0880. The summed E-state index contributed by atoms with van der Waals surface area (Å²) in [6, 6.07) is 3.53. The molecule has 0 heterocycles. The highest BCUT2D eigenvalue weighted by Crippen LogP contribution is 2.36. The number of unbranched alkanes of at least 4 members (excludes halogenated alkanes) is 1. The van der Waals surface area contributed by atoms with Crippen molar-refractivity contribution >= 4 is 17.2 Å². The number of hydrogen-bond donors (Lipinski definition) is 1. The Kier molecular flexibility index (Phi) is 6.91. The zero-order valence-electron chi connectivity index (χ0n) is 11.7. The van der Waals surface area contributed by atoms with Crippen molar-refractivity contribution in [2.45, 2.75) is 25.9 Å². The minimum Gasteiger partial charge on any atom is -0.491 e. The summed E-state index contributed by atoms with van der Waals surface area (Å²) in [6.45, 7) is 2.90. The topological polar surface area (TPSA) is 44.5 Å². The standard InChI is InChI=1S/C14H18F3NO2S/c1-2-3-6-19-7-8-20-12-5-4-10(13(18)21)9-11(12)14(15,16)17/h4-5,9H,2-3,6-8H2,1H3,(H2,18,21). The van der Waals surface area contributed by atoms with Crippen LogP contribution in [0.2, 0.25) is 0 Å². The Morgan fingerprint density at radius 3 is 2.52 bits per heavy atom. The second kappa shape index (κ2) is 8.19. The van der Waals surface area contributed by atoms with E-state index in [1.807, 2.05) is 6.92 Å². The minimum atomic E-state index is -4.53. The van der Waals surface area contributed by atoms with Crippen LogP contribution in [0.1, 0.15) is 30.9 Å². The molecular weight excluding hydrogens is 303 g/mol. The van der Waals surface area contributed by atoms with Gasteiger partial charge in [0.1, 0.15) is 17.3 Å². The van der Waals surface area contributed by atoms with Gasteiger partial charge in [-0.3, -0.25) is 0 Å². The molecule has 0 saturated carbocycles. The van der Waals surface area contributed by atoms with Gasteiger partial charge in [0.25, 0.3) is 0 Å². The molecule has 0 saturated heterocycles. The predicted octanol–water partition coefficient (Wildman–Crippen LogP) is 3.54. The van der Waals surface area contributed by atoms with Crippen LogP contribution >= 0.6 is 12.2 Å². The first-order valence-corrected chi connectivity index (χ1v) is 6.98. The predicted molar refractivity (Wildman–Crippen MR) is 78.6 cm³/mol. The minimum absolute atomic E-state index is 0.0548. The number of alkyl halides is 3. The number of halogens is 3. The molecule has 0 aliphatic heterocycles. The lowest BCUT2D eigenvalue weighted by Crippen LogP contribution is -2.15. The average Bonchev–Trinajstić information content (AvgIpc) is 2.41. The molecule has 3 nitrogen and oxygen atoms in total. The fourth-order valence-electron chi connectivity index (χ4n) is 1.59. The molecule has 0 aliphatic carbocycles. The van der Waals surface area contributed by atoms with E-state index in [2.05, 4.69) is 12.2 Å². The molecule has 1 aromatic carbocycles. The van der Waals surface area contributed by atoms with Crippen LogP contribution in [-0.4, -0.2) is 24.8 Å². The lowest BCUT2D eigenvalue weighted by atomic mass is 10.1. The molecule has 1 rings (SSSR count). The Hall–Kier alpha value is -1.34. The van der Waals surface area contributed by atoms with Crippen molar-refractivity contribution in [2.75, 3.05) is 19.8 Å². The number of rotatable bonds is 8. The van der Waals surface area contributed by atoms with Crippen LogP contribution in [0.5, 0.6) is 5.75 Å². The van der Waals surface area contributed by atoms with Crippen LogP contribution in [0.4, 0.5) is 13.2 Å². The van der Waals surface area contributed by atoms with Crippen molar-refractivity contribution in [1.29, 1.82) is 0 Å². The second-order valence-electron chi connectivity index (χ2n) is 4.39. The maximum Gasteiger partial charge on any atom is 0.419 e. The normalized spacial score (nSPS) is 11.4. The largest absolute Gasteiger partial charge is 0.491 e. The third-order valence-corrected chi connectivity index (χ3v) is 2.93. The van der Waals surface area contributed by atoms with Crippen molar-refractivity contribution in [2.24, 2.45) is 5.73 Å². The quantitative estimate of drug-likeness (QED) is 0.587. The first-order valence-electron chi connectivity index (χ1n) is 6.58. The monoisotopic (exact) mass is 321 g/mol. The SMILES string of the molecule is CCCCOCCOc1ccc(C(N)=S)cc1C(F)(F)F. The number of hydrogen-bond acceptors (Lipinski definition) is 3. The Bertz CT molecular complexity index is 478. The molecule has 118 valence electrons. The molecule has 0 aliphatic rings. The first kappa shape index (κ1) is 17.7. The zero-order chi connectivity index (χ0) is 15.9. The maximum absolute atomic E-state index is 13.0. The highest BCUT2D eigenvalue weighted by molar-refractivity contribution is 7.80. The second-order valence-corrected chi connectivity index (χ2v) is 4.83. The van der Waals surface area contributed by atoms with Crippen molar-refractivity contribution in [3.8, 4) is 5.75 Å². The van der Waals surface area contributed by atoms with Gasteiger partial charge in [-0.25, -0.2) is 0 Å². The summed E-state index contributed by atoms with van der Waals surface area (Å²) in [5, 5.41) is 0. The average molecular weight is 321 g/mol. The molecule has 0 amide bonds. The summed E-state index contributed by atoms with van der Waals surface area (Å²) in [6.07, 6.45) is -2.62. The third-order valence-electron chi connectivity index (χ3n) is 2.70. The van der Waals surface area contributed by atoms with Gasteiger partial charge in [-0.2, -0.15) is 13.2 Å². The Balaban J connectivity index is 2.70. The summed E-state index contributed by atoms with van der Waals surface area (Å²) < 4.78 is 49.3. The summed E-state index contributed by atoms with van der Waals surface area (Å²) in [5.41, 5.74) is 4.62. The van der Waals surface area contributed by atoms with Gasteiger partial charge in [0.15, 0.2) is 0 Å². The van der Waals surface area contributed by atoms with E-state index in [0.717, 1.165) is 18.9 Å². The molecule has 0 bridgehead atoms. The number of benzene rings is 1. The van der Waals surface area contributed by atoms with Crippen LogP contribution in [0.15, 0.2) is 18.2 Å². The van der Waals surface area contributed by atoms with Gasteiger partial charge in [0, 0.05) is 12.2 Å². The lowest BCUT2D eigenvalue weighted by molar-refractivity contribution is -0.139. The molecule has 1 aromatic rings. The highest BCUT2D eigenvalue weighted by atomic mass is 32.1. The number of ether oxygens (including phenoxy) is 2. The van der Waals surface area contributed by atoms with Crippen LogP contribution in [0.3, 0.4) is 0 Å². The van der Waals surface area contributed by atoms with Crippen LogP contribution in [-0.2, 0) is 10.9 Å². The van der Waals surface area contributed by atoms with Gasteiger partial charge in [-0.05, 0) is 24.6 Å². The molecule has 7 heteroatoms. The van der Waals surface area contributed by atoms with Crippen LogP contribution in [0.25, 0.3) is 0 Å². The molecular formula is C14H18F3NO2S. The summed E-state index contributed by atoms with van der Waals surface area (Å²) in [5.74, 6) is -0.249. The molecule has 0 spiro atoms. The van der Waals surface area contributed by atoms with Gasteiger partial charge in [-0.15, -0.1) is 0 Å². The van der Waals surface area contributed by atoms with Crippen LogP contribution in [0, 0.1) is 0 Å². The van der Waals surface area contributed by atoms with E-state index < -0.39 is 11.7 Å². The van der Waals surface area contributed by atoms with E-state index in [1.165, 1.54) is 12.1 Å². The molecule has 0 aromatic heterocycles. The third kappa shape index (κ3) is 5.89. The van der Waals surface area contributed by atoms with Crippen molar-refractivity contribution in [3.63, 3.8) is 0 Å².